The second-order valence-electron chi connectivity index (χ2n) is 4.36. The second kappa shape index (κ2) is 5.47. The molecule has 0 aliphatic carbocycles. The largest absolute Gasteiger partial charge is 0.444 e. The summed E-state index contributed by atoms with van der Waals surface area (Å²) in [5, 5.41) is 2.78. The van der Waals surface area contributed by atoms with Crippen molar-refractivity contribution in [1.82, 2.24) is 4.98 Å². The average molecular weight is 349 g/mol. The summed E-state index contributed by atoms with van der Waals surface area (Å²) >= 11 is 3.04. The highest BCUT2D eigenvalue weighted by Crippen LogP contribution is 2.37. The number of nitrogens with zero attached hydrogens (tertiary/aromatic N) is 1. The van der Waals surface area contributed by atoms with Gasteiger partial charge in [0.2, 0.25) is 5.89 Å². The van der Waals surface area contributed by atoms with Crippen LogP contribution in [0.3, 0.4) is 0 Å². The Morgan fingerprint density at radius 1 is 1.35 bits per heavy atom. The van der Waals surface area contributed by atoms with Crippen LogP contribution in [0.15, 0.2) is 33.3 Å². The van der Waals surface area contributed by atoms with E-state index < -0.39 is 17.8 Å². The van der Waals surface area contributed by atoms with Crippen molar-refractivity contribution in [2.75, 3.05) is 5.32 Å². The maximum absolute atomic E-state index is 13.0. The van der Waals surface area contributed by atoms with E-state index in [0.717, 1.165) is 6.07 Å². The molecule has 20 heavy (non-hydrogen) atoms. The molecule has 7 heteroatoms. The van der Waals surface area contributed by atoms with Crippen molar-refractivity contribution in [3.63, 3.8) is 0 Å². The molecule has 0 bridgehead atoms. The average Bonchev–Trinajstić information content (AvgIpc) is 2.77. The molecule has 1 heterocycles. The van der Waals surface area contributed by atoms with E-state index in [9.17, 15) is 13.2 Å². The Morgan fingerprint density at radius 3 is 2.60 bits per heavy atom. The van der Waals surface area contributed by atoms with E-state index in [-0.39, 0.29) is 5.69 Å². The first-order valence-corrected chi connectivity index (χ1v) is 6.62. The molecule has 1 N–H and O–H groups in total. The number of aromatic nitrogens is 1. The zero-order valence-corrected chi connectivity index (χ0v) is 12.3. The number of benzene rings is 1. The van der Waals surface area contributed by atoms with Gasteiger partial charge in [-0.2, -0.15) is 13.2 Å². The molecule has 0 radical (unpaired) electrons. The van der Waals surface area contributed by atoms with Crippen LogP contribution in [0.2, 0.25) is 0 Å². The van der Waals surface area contributed by atoms with Gasteiger partial charge >= 0.3 is 6.18 Å². The molecule has 1 unspecified atom stereocenters. The van der Waals surface area contributed by atoms with Crippen LogP contribution >= 0.6 is 15.9 Å². The van der Waals surface area contributed by atoms with Gasteiger partial charge in [-0.1, -0.05) is 15.9 Å². The van der Waals surface area contributed by atoms with Crippen LogP contribution < -0.4 is 5.32 Å². The predicted octanol–water partition coefficient (Wildman–Crippen LogP) is 4.94. The predicted molar refractivity (Wildman–Crippen MR) is 72.4 cm³/mol. The first kappa shape index (κ1) is 14.9. The van der Waals surface area contributed by atoms with Crippen LogP contribution in [0.1, 0.15) is 30.2 Å². The SMILES string of the molecule is Cc1cnc(C(C)Nc2ccc(Br)cc2C(F)(F)F)o1. The summed E-state index contributed by atoms with van der Waals surface area (Å²) < 4.78 is 44.6. The maximum Gasteiger partial charge on any atom is 0.418 e. The zero-order chi connectivity index (χ0) is 14.9. The Balaban J connectivity index is 2.29. The van der Waals surface area contributed by atoms with Crippen molar-refractivity contribution in [1.29, 1.82) is 0 Å². The topological polar surface area (TPSA) is 38.1 Å². The molecule has 0 saturated heterocycles. The third kappa shape index (κ3) is 3.33. The zero-order valence-electron chi connectivity index (χ0n) is 10.8. The van der Waals surface area contributed by atoms with Crippen molar-refractivity contribution >= 4 is 21.6 Å². The molecule has 2 rings (SSSR count). The van der Waals surface area contributed by atoms with Crippen molar-refractivity contribution < 1.29 is 17.6 Å². The molecule has 1 atom stereocenters. The number of oxazole rings is 1. The standard InChI is InChI=1S/C13H12BrF3N2O/c1-7-6-18-12(20-7)8(2)19-11-4-3-9(14)5-10(11)13(15,16)17/h3-6,8,19H,1-2H3. The summed E-state index contributed by atoms with van der Waals surface area (Å²) in [4.78, 5) is 4.00. The van der Waals surface area contributed by atoms with Crippen molar-refractivity contribution in [3.05, 3.63) is 46.1 Å². The smallest absolute Gasteiger partial charge is 0.418 e. The maximum atomic E-state index is 13.0. The van der Waals surface area contributed by atoms with Crippen LogP contribution in [0, 0.1) is 6.92 Å². The number of anilines is 1. The second-order valence-corrected chi connectivity index (χ2v) is 5.28. The fourth-order valence-corrected chi connectivity index (χ4v) is 2.11. The third-order valence-corrected chi connectivity index (χ3v) is 3.16. The van der Waals surface area contributed by atoms with Gasteiger partial charge in [-0.25, -0.2) is 4.98 Å². The van der Waals surface area contributed by atoms with Gasteiger partial charge in [0.1, 0.15) is 11.8 Å². The third-order valence-electron chi connectivity index (χ3n) is 2.67. The number of hydrogen-bond acceptors (Lipinski definition) is 3. The lowest BCUT2D eigenvalue weighted by atomic mass is 10.1. The number of alkyl halides is 3. The number of aryl methyl sites for hydroxylation is 1. The number of rotatable bonds is 3. The highest BCUT2D eigenvalue weighted by Gasteiger charge is 2.34. The minimum atomic E-state index is -4.43. The molecule has 0 saturated carbocycles. The molecule has 0 amide bonds. The number of halogens is 4. The molecule has 0 aliphatic heterocycles. The van der Waals surface area contributed by atoms with E-state index in [4.69, 9.17) is 4.42 Å². The lowest BCUT2D eigenvalue weighted by Crippen LogP contribution is -2.13. The van der Waals surface area contributed by atoms with Crippen LogP contribution in [0.25, 0.3) is 0 Å². The Kier molecular flexibility index (Phi) is 4.08. The summed E-state index contributed by atoms with van der Waals surface area (Å²) in [7, 11) is 0. The van der Waals surface area contributed by atoms with Gasteiger partial charge in [0, 0.05) is 10.2 Å². The van der Waals surface area contributed by atoms with E-state index in [1.165, 1.54) is 12.3 Å². The molecule has 0 aliphatic rings. The van der Waals surface area contributed by atoms with Crippen molar-refractivity contribution in [2.24, 2.45) is 0 Å². The molecule has 108 valence electrons. The molecule has 3 nitrogen and oxygen atoms in total. The van der Waals surface area contributed by atoms with E-state index in [0.29, 0.717) is 16.1 Å². The lowest BCUT2D eigenvalue weighted by molar-refractivity contribution is -0.137. The lowest BCUT2D eigenvalue weighted by Gasteiger charge is -2.17. The van der Waals surface area contributed by atoms with Crippen molar-refractivity contribution in [2.45, 2.75) is 26.1 Å². The van der Waals surface area contributed by atoms with Gasteiger partial charge in [0.15, 0.2) is 0 Å². The molecular weight excluding hydrogens is 337 g/mol. The van der Waals surface area contributed by atoms with Gasteiger partial charge in [0.25, 0.3) is 0 Å². The van der Waals surface area contributed by atoms with E-state index in [1.54, 1.807) is 19.9 Å². The van der Waals surface area contributed by atoms with Gasteiger partial charge in [-0.15, -0.1) is 0 Å². The number of hydrogen-bond donors (Lipinski definition) is 1. The van der Waals surface area contributed by atoms with Gasteiger partial charge in [-0.3, -0.25) is 0 Å². The monoisotopic (exact) mass is 348 g/mol. The highest BCUT2D eigenvalue weighted by atomic mass is 79.9. The van der Waals surface area contributed by atoms with E-state index in [1.807, 2.05) is 0 Å². The van der Waals surface area contributed by atoms with Crippen LogP contribution in [0.5, 0.6) is 0 Å². The Bertz CT molecular complexity index is 610. The quantitative estimate of drug-likeness (QED) is 0.853. The summed E-state index contributed by atoms with van der Waals surface area (Å²) in [6.45, 7) is 3.41. The molecule has 2 aromatic rings. The minimum Gasteiger partial charge on any atom is -0.444 e. The minimum absolute atomic E-state index is 0.0101. The summed E-state index contributed by atoms with van der Waals surface area (Å²) in [6, 6.07) is 3.49. The van der Waals surface area contributed by atoms with Crippen molar-refractivity contribution in [3.8, 4) is 0 Å². The van der Waals surface area contributed by atoms with Crippen LogP contribution in [0.4, 0.5) is 18.9 Å². The first-order valence-electron chi connectivity index (χ1n) is 5.83. The molecule has 0 spiro atoms. The van der Waals surface area contributed by atoms with Gasteiger partial charge in [-0.05, 0) is 32.0 Å². The molecule has 1 aromatic heterocycles. The Labute approximate surface area is 122 Å². The van der Waals surface area contributed by atoms with E-state index in [2.05, 4.69) is 26.2 Å². The summed E-state index contributed by atoms with van der Waals surface area (Å²) in [6.07, 6.45) is -2.90. The van der Waals surface area contributed by atoms with Crippen LogP contribution in [-0.2, 0) is 6.18 Å². The Hall–Kier alpha value is -1.50. The van der Waals surface area contributed by atoms with Gasteiger partial charge < -0.3 is 9.73 Å². The number of nitrogens with one attached hydrogen (secondary N) is 1. The molecule has 0 fully saturated rings. The fourth-order valence-electron chi connectivity index (χ4n) is 1.74. The summed E-state index contributed by atoms with van der Waals surface area (Å²) in [5.74, 6) is 0.957. The summed E-state index contributed by atoms with van der Waals surface area (Å²) in [5.41, 5.74) is -0.744. The van der Waals surface area contributed by atoms with Crippen LogP contribution in [-0.4, -0.2) is 4.98 Å². The molecular formula is C13H12BrF3N2O. The highest BCUT2D eigenvalue weighted by molar-refractivity contribution is 9.10. The van der Waals surface area contributed by atoms with Gasteiger partial charge in [0.05, 0.1) is 11.8 Å². The van der Waals surface area contributed by atoms with E-state index >= 15 is 0 Å². The first-order chi connectivity index (χ1) is 9.27. The Morgan fingerprint density at radius 2 is 2.05 bits per heavy atom. The normalized spacial score (nSPS) is 13.3. The fraction of sp³-hybridized carbons (Fsp3) is 0.308. The molecule has 1 aromatic carbocycles.